The second kappa shape index (κ2) is 33.3. The lowest BCUT2D eigenvalue weighted by atomic mass is 9.86. The number of aliphatic imine (C=N–C) groups is 1. The van der Waals surface area contributed by atoms with Gasteiger partial charge in [0.05, 0.1) is 35.6 Å². The number of aliphatic hydroxyl groups excluding tert-OH is 6. The summed E-state index contributed by atoms with van der Waals surface area (Å²) in [6.07, 6.45) is -16.2. The Bertz CT molecular complexity index is 4230. The van der Waals surface area contributed by atoms with E-state index in [0.717, 1.165) is 66.7 Å². The van der Waals surface area contributed by atoms with Crippen LogP contribution in [0.3, 0.4) is 0 Å². The van der Waals surface area contributed by atoms with Crippen molar-refractivity contribution in [2.45, 2.75) is 176 Å². The number of quaternary nitrogens is 1. The summed E-state index contributed by atoms with van der Waals surface area (Å²) in [5.41, 5.74) is 5.92. The Morgan fingerprint density at radius 1 is 0.726 bits per heavy atom. The molecular formula is C70H82Cl3N9O24. The maximum Gasteiger partial charge on any atom is 0.330 e. The van der Waals surface area contributed by atoms with Crippen LogP contribution in [0.5, 0.6) is 46.0 Å². The second-order valence-electron chi connectivity index (χ2n) is 27.5. The van der Waals surface area contributed by atoms with E-state index >= 15 is 19.2 Å². The number of ether oxygens (including phenoxy) is 6. The number of carbonyl (C=O) groups excluding carboxylic acids is 7. The van der Waals surface area contributed by atoms with Crippen molar-refractivity contribution in [1.29, 1.82) is 0 Å². The Morgan fingerprint density at radius 3 is 1.92 bits per heavy atom. The molecule has 0 unspecified atom stereocenters. The van der Waals surface area contributed by atoms with Gasteiger partial charge in [0.1, 0.15) is 107 Å². The van der Waals surface area contributed by atoms with Crippen molar-refractivity contribution in [3.63, 3.8) is 0 Å². The van der Waals surface area contributed by atoms with Crippen molar-refractivity contribution in [2.24, 2.45) is 22.6 Å². The van der Waals surface area contributed by atoms with Crippen LogP contribution in [0.2, 0.25) is 10.0 Å². The van der Waals surface area contributed by atoms with Gasteiger partial charge in [-0.15, -0.1) is 0 Å². The minimum Gasteiger partial charge on any atom is -1.00 e. The van der Waals surface area contributed by atoms with E-state index in [4.69, 9.17) is 57.4 Å². The van der Waals surface area contributed by atoms with Crippen LogP contribution in [0.1, 0.15) is 125 Å². The molecule has 18 atom stereocenters. The molecule has 7 heterocycles. The van der Waals surface area contributed by atoms with Gasteiger partial charge in [0.2, 0.25) is 53.4 Å². The van der Waals surface area contributed by atoms with E-state index in [2.05, 4.69) is 42.6 Å². The molecule has 7 aliphatic heterocycles. The van der Waals surface area contributed by atoms with Crippen molar-refractivity contribution in [3.05, 3.63) is 117 Å². The number of nitrogens with one attached hydrogen (secondary N) is 6. The van der Waals surface area contributed by atoms with Gasteiger partial charge in [0.25, 0.3) is 0 Å². The van der Waals surface area contributed by atoms with Gasteiger partial charge in [-0.25, -0.2) is 4.79 Å². The summed E-state index contributed by atoms with van der Waals surface area (Å²) in [6, 6.07) is -0.828. The van der Waals surface area contributed by atoms with E-state index in [1.54, 1.807) is 13.1 Å². The summed E-state index contributed by atoms with van der Waals surface area (Å²) in [5, 5.41) is 128. The number of nitrogens with zero attached hydrogens (tertiary/aromatic N) is 1. The first-order valence-electron chi connectivity index (χ1n) is 33.4. The highest BCUT2D eigenvalue weighted by molar-refractivity contribution is 6.32. The summed E-state index contributed by atoms with van der Waals surface area (Å²) in [4.78, 5) is 122. The zero-order valence-corrected chi connectivity index (χ0v) is 59.9. The van der Waals surface area contributed by atoms with Gasteiger partial charge in [-0.3, -0.25) is 38.6 Å². The van der Waals surface area contributed by atoms with E-state index in [0.29, 0.717) is 6.42 Å². The van der Waals surface area contributed by atoms with Crippen LogP contribution in [0.4, 0.5) is 0 Å². The van der Waals surface area contributed by atoms with Gasteiger partial charge in [-0.05, 0) is 122 Å². The standard InChI is InChI=1S/C70H81Cl2N9O24.ClH/c1-26(2)13-14-75-38(15-27(3)4)62(92)80-53-55(87)30-8-11-42(36(71)17-30)101-44-19-32-20-45(59(44)105-69-60(58(90)57(89)46(25-82)103-69)104-48-24-70(6,74)61(91)28(5)100-48)102-43-12-9-31(18-37(43)72)56(88)54-67(97)79-52(68(98)99)35-21-33(83)22-41(85)49(35)34-16-29(7-10-40(34)84)50(64(94)81-54)78-65(95)51(32)77-63(93)39(23-47(73)86)76-66(53)96;/h7-12,14,16-22,26-28,38-39,46,48,50-58,60-61,69,82-85,87-91H,13,15,23-25,74H2,1-6H3,(H2,73,86)(H,76,96)(H,77,93)(H,78,95)(H,79,97)(H,80,92)(H,81,94)(H,98,99);1H/t28-,38+,39-,46+,48-,50+,51-,52-,53+,54-,55+,56+,57+,58-,60+,61+,69-,70-;/m0./s1. The highest BCUT2D eigenvalue weighted by atomic mass is 35.5. The highest BCUT2D eigenvalue weighted by Crippen LogP contribution is 2.50. The molecule has 2 saturated heterocycles. The zero-order valence-electron chi connectivity index (χ0n) is 57.6. The molecule has 21 N–H and O–H groups in total. The first-order chi connectivity index (χ1) is 49.5. The summed E-state index contributed by atoms with van der Waals surface area (Å²) in [7, 11) is 0. The number of nitrogens with two attached hydrogens (primary N) is 1. The van der Waals surface area contributed by atoms with Crippen molar-refractivity contribution >= 4 is 76.7 Å². The molecule has 7 aliphatic rings. The molecule has 0 saturated carbocycles. The molecule has 0 spiro atoms. The molecule has 0 aliphatic carbocycles. The third-order valence-electron chi connectivity index (χ3n) is 18.3. The van der Waals surface area contributed by atoms with E-state index in [9.17, 15) is 70.2 Å². The van der Waals surface area contributed by atoms with Gasteiger partial charge < -0.3 is 135 Å². The van der Waals surface area contributed by atoms with Gasteiger partial charge in [0.15, 0.2) is 29.9 Å². The molecule has 33 nitrogen and oxygen atoms in total. The quantitative estimate of drug-likeness (QED) is 0.0519. The number of phenols is 3. The fraction of sp³-hybridized carbons (Fsp3) is 0.443. The van der Waals surface area contributed by atoms with E-state index in [1.165, 1.54) is 19.1 Å². The maximum atomic E-state index is 16.1. The Balaban J connectivity index is 0.0000130. The average molecular weight is 1540 g/mol. The number of hydrogen-bond acceptors (Lipinski definition) is 24. The Kier molecular flexibility index (Phi) is 25.4. The van der Waals surface area contributed by atoms with Crippen molar-refractivity contribution in [3.8, 4) is 57.1 Å². The van der Waals surface area contributed by atoms with Crippen LogP contribution in [-0.2, 0) is 52.6 Å². The Morgan fingerprint density at radius 2 is 1.33 bits per heavy atom. The number of carboxylic acids is 1. The lowest BCUT2D eigenvalue weighted by Crippen LogP contribution is -3.00. The first-order valence-corrected chi connectivity index (χ1v) is 34.1. The Hall–Kier alpha value is -9.20. The number of carboxylic acid groups (broad SMARTS) is 1. The third kappa shape index (κ3) is 17.7. The van der Waals surface area contributed by atoms with Crippen molar-refractivity contribution in [1.82, 2.24) is 31.9 Å². The number of rotatable bonds is 15. The zero-order chi connectivity index (χ0) is 76.5. The SMILES string of the molecule is CC(C)CC=N[C@H](CC(C)C)C(=O)N[C@H]1C(=O)N[C@@H](CC(N)=O)C(=O)N[C@@H]2C(=O)N[C@H]3C(=O)N[C@H](C(=O)N[C@H](C(=O)O)c4cc(O)cc(O)c4-c4cc3ccc4O)[C@H](O)c3ccc(c(Cl)c3)Oc3cc2cc(c3O[C@@H]2O[C@H](CO)[C@@H](O)[C@H](O)[C@H]2O[C@H]2C[C@](C)([NH3+])[C@H](O)[C@H](C)O2)Oc2ccc(cc2Cl)[C@H]1O.[Cl-]. The molecule has 11 bridgehead atoms. The highest BCUT2D eigenvalue weighted by Gasteiger charge is 2.52. The number of phenolic OH excluding ortho intramolecular Hbond substituents is 3. The van der Waals surface area contributed by atoms with E-state index in [1.807, 2.05) is 27.7 Å². The van der Waals surface area contributed by atoms with Gasteiger partial charge >= 0.3 is 5.97 Å². The minimum atomic E-state index is -2.35. The van der Waals surface area contributed by atoms with Crippen LogP contribution in [0, 0.1) is 11.8 Å². The fourth-order valence-corrected chi connectivity index (χ4v) is 13.2. The topological polar surface area (TPSA) is 532 Å². The molecule has 5 aromatic rings. The van der Waals surface area contributed by atoms with Crippen molar-refractivity contribution < 1.29 is 136 Å². The number of benzene rings is 5. The molecule has 7 amide bonds. The molecule has 0 aromatic heterocycles. The maximum absolute atomic E-state index is 16.1. The number of aliphatic carboxylic acids is 1. The van der Waals surface area contributed by atoms with Crippen molar-refractivity contribution in [2.75, 3.05) is 6.61 Å². The number of primary amides is 1. The van der Waals surface area contributed by atoms with Gasteiger partial charge in [-0.2, -0.15) is 0 Å². The summed E-state index contributed by atoms with van der Waals surface area (Å²) < 4.78 is 38.5. The summed E-state index contributed by atoms with van der Waals surface area (Å²) >= 11 is 14.2. The normalized spacial score (nSPS) is 28.6. The van der Waals surface area contributed by atoms with Crippen LogP contribution in [-0.4, -0.2) is 190 Å². The summed E-state index contributed by atoms with van der Waals surface area (Å²) in [5.74, 6) is -15.9. The van der Waals surface area contributed by atoms with E-state index < -0.39 is 237 Å². The van der Waals surface area contributed by atoms with Crippen LogP contribution >= 0.6 is 23.2 Å². The average Bonchev–Trinajstić information content (AvgIpc) is 0.766. The molecule has 12 rings (SSSR count). The predicted octanol–water partition coefficient (Wildman–Crippen LogP) is -1.71. The number of aromatic hydroxyl groups is 3. The lowest BCUT2D eigenvalue weighted by Gasteiger charge is -2.45. The molecule has 36 heteroatoms. The van der Waals surface area contributed by atoms with E-state index in [-0.39, 0.29) is 64.5 Å². The number of fused-ring (bicyclic) bond motifs is 15. The molecule has 106 heavy (non-hydrogen) atoms. The van der Waals surface area contributed by atoms with Crippen LogP contribution < -0.4 is 70.0 Å². The third-order valence-corrected chi connectivity index (χ3v) is 18.9. The largest absolute Gasteiger partial charge is 1.00 e. The molecule has 5 aromatic carbocycles. The number of hydrogen-bond donors (Lipinski definition) is 18. The van der Waals surface area contributed by atoms with Crippen LogP contribution in [0.15, 0.2) is 83.9 Å². The smallest absolute Gasteiger partial charge is 0.330 e. The monoisotopic (exact) mass is 1540 g/mol. The second-order valence-corrected chi connectivity index (χ2v) is 28.3. The lowest BCUT2D eigenvalue weighted by molar-refractivity contribution is -0.518. The van der Waals surface area contributed by atoms with Gasteiger partial charge in [-0.1, -0.05) is 69.1 Å². The van der Waals surface area contributed by atoms with Crippen LogP contribution in [0.25, 0.3) is 11.1 Å². The minimum absolute atomic E-state index is 0. The number of carbonyl (C=O) groups is 8. The first kappa shape index (κ1) is 80.9. The van der Waals surface area contributed by atoms with Gasteiger partial charge in [0, 0.05) is 22.8 Å². The predicted molar refractivity (Wildman–Crippen MR) is 367 cm³/mol. The number of amides is 7. The molecule has 2 fully saturated rings. The fourth-order valence-electron chi connectivity index (χ4n) is 12.8. The molecule has 0 radical (unpaired) electrons. The number of halogens is 3. The summed E-state index contributed by atoms with van der Waals surface area (Å²) in [6.45, 7) is 9.67. The molecule has 572 valence electrons. The Labute approximate surface area is 621 Å². The number of aliphatic hydroxyl groups is 6. The molecular weight excluding hydrogens is 1460 g/mol.